The Kier molecular flexibility index (Phi) is 3.47. The summed E-state index contributed by atoms with van der Waals surface area (Å²) in [6.45, 7) is 4.56. The number of nitrogens with zero attached hydrogens (tertiary/aromatic N) is 1. The molecule has 5 nitrogen and oxygen atoms in total. The van der Waals surface area contributed by atoms with Gasteiger partial charge in [0, 0.05) is 18.5 Å². The Balaban J connectivity index is 1.86. The third kappa shape index (κ3) is 2.80. The fraction of sp³-hybridized carbons (Fsp3) is 0.438. The summed E-state index contributed by atoms with van der Waals surface area (Å²) in [7, 11) is 0. The van der Waals surface area contributed by atoms with Crippen molar-refractivity contribution in [2.24, 2.45) is 0 Å². The molecule has 1 aliphatic heterocycles. The molecule has 0 saturated carbocycles. The predicted octanol–water partition coefficient (Wildman–Crippen LogP) is 2.04. The van der Waals surface area contributed by atoms with E-state index in [2.05, 4.69) is 0 Å². The highest BCUT2D eigenvalue weighted by molar-refractivity contribution is 5.96. The molecule has 0 spiro atoms. The summed E-state index contributed by atoms with van der Waals surface area (Å²) in [5.74, 6) is 0.159. The molecule has 0 aliphatic carbocycles. The Morgan fingerprint density at radius 1 is 1.43 bits per heavy atom. The molecule has 1 saturated heterocycles. The van der Waals surface area contributed by atoms with E-state index in [0.717, 1.165) is 5.39 Å². The standard InChI is InChI=1S/C16H19NO4/c1-16(2)10-17(8-12(9-18)21-16)15(19)14-7-11-5-3-4-6-13(11)20-14/h3-7,12,18H,8-10H2,1-2H3. The number of hydrogen-bond acceptors (Lipinski definition) is 4. The van der Waals surface area contributed by atoms with E-state index in [-0.39, 0.29) is 18.6 Å². The van der Waals surface area contributed by atoms with Crippen LogP contribution in [0.5, 0.6) is 0 Å². The second-order valence-corrected chi connectivity index (χ2v) is 6.02. The van der Waals surface area contributed by atoms with Gasteiger partial charge >= 0.3 is 0 Å². The van der Waals surface area contributed by atoms with Crippen molar-refractivity contribution in [3.63, 3.8) is 0 Å². The van der Waals surface area contributed by atoms with E-state index < -0.39 is 5.60 Å². The van der Waals surface area contributed by atoms with Crippen LogP contribution in [0.2, 0.25) is 0 Å². The van der Waals surface area contributed by atoms with Crippen LogP contribution in [-0.2, 0) is 4.74 Å². The summed E-state index contributed by atoms with van der Waals surface area (Å²) >= 11 is 0. The van der Waals surface area contributed by atoms with Crippen LogP contribution >= 0.6 is 0 Å². The van der Waals surface area contributed by atoms with E-state index in [9.17, 15) is 9.90 Å². The maximum absolute atomic E-state index is 12.6. The zero-order valence-electron chi connectivity index (χ0n) is 12.2. The minimum atomic E-state index is -0.479. The highest BCUT2D eigenvalue weighted by Crippen LogP contribution is 2.25. The van der Waals surface area contributed by atoms with Crippen LogP contribution < -0.4 is 0 Å². The maximum atomic E-state index is 12.6. The van der Waals surface area contributed by atoms with Crippen molar-refractivity contribution in [1.29, 1.82) is 0 Å². The molecule has 0 bridgehead atoms. The summed E-state index contributed by atoms with van der Waals surface area (Å²) in [5, 5.41) is 10.2. The molecule has 0 radical (unpaired) electrons. The average molecular weight is 289 g/mol. The van der Waals surface area contributed by atoms with Crippen molar-refractivity contribution < 1.29 is 19.1 Å². The summed E-state index contributed by atoms with van der Waals surface area (Å²) in [6.07, 6.45) is -0.359. The fourth-order valence-corrected chi connectivity index (χ4v) is 2.79. The topological polar surface area (TPSA) is 62.9 Å². The Bertz CT molecular complexity index is 628. The van der Waals surface area contributed by atoms with Crippen LogP contribution in [0.25, 0.3) is 11.0 Å². The van der Waals surface area contributed by atoms with E-state index in [4.69, 9.17) is 9.15 Å². The number of carbonyl (C=O) groups excluding carboxylic acids is 1. The molecule has 1 aromatic carbocycles. The second-order valence-electron chi connectivity index (χ2n) is 6.02. The second kappa shape index (κ2) is 5.16. The number of benzene rings is 1. The van der Waals surface area contributed by atoms with E-state index in [1.54, 1.807) is 11.0 Å². The monoisotopic (exact) mass is 289 g/mol. The summed E-state index contributed by atoms with van der Waals surface area (Å²) in [5.41, 5.74) is 0.222. The van der Waals surface area contributed by atoms with E-state index in [1.165, 1.54) is 0 Å². The van der Waals surface area contributed by atoms with Gasteiger partial charge in [-0.3, -0.25) is 4.79 Å². The van der Waals surface area contributed by atoms with Gasteiger partial charge in [-0.05, 0) is 26.0 Å². The molecule has 1 aromatic heterocycles. The number of aliphatic hydroxyl groups excluding tert-OH is 1. The number of hydrogen-bond donors (Lipinski definition) is 1. The van der Waals surface area contributed by atoms with Crippen LogP contribution in [-0.4, -0.2) is 47.3 Å². The quantitative estimate of drug-likeness (QED) is 0.919. The molecule has 1 atom stereocenters. The zero-order valence-corrected chi connectivity index (χ0v) is 12.2. The number of para-hydroxylation sites is 1. The van der Waals surface area contributed by atoms with Gasteiger partial charge in [-0.2, -0.15) is 0 Å². The lowest BCUT2D eigenvalue weighted by molar-refractivity contribution is -0.139. The summed E-state index contributed by atoms with van der Waals surface area (Å²) in [6, 6.07) is 9.29. The van der Waals surface area contributed by atoms with E-state index >= 15 is 0 Å². The van der Waals surface area contributed by atoms with Crippen LogP contribution in [0.3, 0.4) is 0 Å². The van der Waals surface area contributed by atoms with E-state index in [0.29, 0.717) is 24.4 Å². The van der Waals surface area contributed by atoms with Gasteiger partial charge in [0.25, 0.3) is 5.91 Å². The largest absolute Gasteiger partial charge is 0.451 e. The molecule has 1 amide bonds. The van der Waals surface area contributed by atoms with Crippen molar-refractivity contribution in [2.45, 2.75) is 25.6 Å². The molecular weight excluding hydrogens is 270 g/mol. The van der Waals surface area contributed by atoms with Crippen molar-refractivity contribution in [3.05, 3.63) is 36.1 Å². The normalized spacial score (nSPS) is 21.7. The lowest BCUT2D eigenvalue weighted by Crippen LogP contribution is -2.55. The van der Waals surface area contributed by atoms with Crippen molar-refractivity contribution in [1.82, 2.24) is 4.90 Å². The first-order valence-corrected chi connectivity index (χ1v) is 7.05. The molecule has 1 N–H and O–H groups in total. The lowest BCUT2D eigenvalue weighted by atomic mass is 10.0. The van der Waals surface area contributed by atoms with Gasteiger partial charge in [0.15, 0.2) is 5.76 Å². The van der Waals surface area contributed by atoms with Gasteiger partial charge in [0.05, 0.1) is 18.3 Å². The van der Waals surface area contributed by atoms with Crippen LogP contribution in [0.15, 0.2) is 34.7 Å². The number of morpholine rings is 1. The molecule has 21 heavy (non-hydrogen) atoms. The first-order valence-electron chi connectivity index (χ1n) is 7.05. The third-order valence-electron chi connectivity index (χ3n) is 3.61. The molecule has 112 valence electrons. The molecule has 3 rings (SSSR count). The number of aliphatic hydroxyl groups is 1. The van der Waals surface area contributed by atoms with E-state index in [1.807, 2.05) is 38.1 Å². The lowest BCUT2D eigenvalue weighted by Gasteiger charge is -2.41. The molecule has 1 aliphatic rings. The van der Waals surface area contributed by atoms with Gasteiger partial charge < -0.3 is 19.2 Å². The highest BCUT2D eigenvalue weighted by atomic mass is 16.5. The number of amides is 1. The Labute approximate surface area is 123 Å². The predicted molar refractivity (Wildman–Crippen MR) is 78.2 cm³/mol. The Morgan fingerprint density at radius 2 is 2.19 bits per heavy atom. The maximum Gasteiger partial charge on any atom is 0.289 e. The Morgan fingerprint density at radius 3 is 2.90 bits per heavy atom. The minimum absolute atomic E-state index is 0.104. The highest BCUT2D eigenvalue weighted by Gasteiger charge is 2.36. The summed E-state index contributed by atoms with van der Waals surface area (Å²) in [4.78, 5) is 14.3. The van der Waals surface area contributed by atoms with Crippen LogP contribution in [0.1, 0.15) is 24.4 Å². The average Bonchev–Trinajstić information content (AvgIpc) is 2.88. The van der Waals surface area contributed by atoms with Crippen molar-refractivity contribution in [2.75, 3.05) is 19.7 Å². The molecule has 5 heteroatoms. The zero-order chi connectivity index (χ0) is 15.0. The number of rotatable bonds is 2. The SMILES string of the molecule is CC1(C)CN(C(=O)c2cc3ccccc3o2)CC(CO)O1. The van der Waals surface area contributed by atoms with Gasteiger partial charge in [0.2, 0.25) is 0 Å². The van der Waals surface area contributed by atoms with Gasteiger partial charge in [-0.1, -0.05) is 18.2 Å². The first-order chi connectivity index (χ1) is 9.98. The van der Waals surface area contributed by atoms with Gasteiger partial charge in [-0.25, -0.2) is 0 Å². The molecule has 1 unspecified atom stereocenters. The number of ether oxygens (including phenoxy) is 1. The third-order valence-corrected chi connectivity index (χ3v) is 3.61. The molecular formula is C16H19NO4. The minimum Gasteiger partial charge on any atom is -0.451 e. The molecule has 2 aromatic rings. The Hall–Kier alpha value is -1.85. The first kappa shape index (κ1) is 14.1. The van der Waals surface area contributed by atoms with Crippen molar-refractivity contribution in [3.8, 4) is 0 Å². The molecule has 2 heterocycles. The van der Waals surface area contributed by atoms with Crippen molar-refractivity contribution >= 4 is 16.9 Å². The number of fused-ring (bicyclic) bond motifs is 1. The smallest absolute Gasteiger partial charge is 0.289 e. The van der Waals surface area contributed by atoms with Crippen LogP contribution in [0.4, 0.5) is 0 Å². The van der Waals surface area contributed by atoms with Crippen LogP contribution in [0, 0.1) is 0 Å². The number of carbonyl (C=O) groups is 1. The summed E-state index contributed by atoms with van der Waals surface area (Å²) < 4.78 is 11.3. The fourth-order valence-electron chi connectivity index (χ4n) is 2.79. The molecule has 1 fully saturated rings. The van der Waals surface area contributed by atoms with Gasteiger partial charge in [-0.15, -0.1) is 0 Å². The number of furan rings is 1. The van der Waals surface area contributed by atoms with Gasteiger partial charge in [0.1, 0.15) is 5.58 Å².